The van der Waals surface area contributed by atoms with E-state index >= 15 is 0 Å². The molecule has 41 heavy (non-hydrogen) atoms. The molecular formula is C32H36N2O7. The summed E-state index contributed by atoms with van der Waals surface area (Å²) < 4.78 is 23.1. The largest absolute Gasteiger partial charge is 0.497 e. The lowest BCUT2D eigenvalue weighted by atomic mass is 9.82. The lowest BCUT2D eigenvalue weighted by Gasteiger charge is -2.34. The van der Waals surface area contributed by atoms with Gasteiger partial charge < -0.3 is 29.2 Å². The van der Waals surface area contributed by atoms with Gasteiger partial charge >= 0.3 is 5.97 Å². The lowest BCUT2D eigenvalue weighted by Crippen LogP contribution is -2.55. The summed E-state index contributed by atoms with van der Waals surface area (Å²) in [4.78, 5) is 41.5. The number of carbonyl (C=O) groups excluding carboxylic acids is 3. The van der Waals surface area contributed by atoms with Crippen molar-refractivity contribution in [2.45, 2.75) is 50.3 Å². The maximum atomic E-state index is 14.3. The highest BCUT2D eigenvalue weighted by Crippen LogP contribution is 2.50. The molecule has 2 amide bonds. The quantitative estimate of drug-likeness (QED) is 0.172. The number of hydrogen-bond acceptors (Lipinski definition) is 7. The van der Waals surface area contributed by atoms with Gasteiger partial charge in [0.2, 0.25) is 11.8 Å². The average Bonchev–Trinajstić information content (AvgIpc) is 3.41. The van der Waals surface area contributed by atoms with Crippen molar-refractivity contribution in [3.63, 3.8) is 0 Å². The first-order chi connectivity index (χ1) is 19.8. The van der Waals surface area contributed by atoms with E-state index in [0.29, 0.717) is 18.8 Å². The van der Waals surface area contributed by atoms with Crippen LogP contribution in [0.25, 0.3) is 0 Å². The molecule has 0 aromatic heterocycles. The van der Waals surface area contributed by atoms with Crippen LogP contribution in [0.2, 0.25) is 0 Å². The molecule has 216 valence electrons. The number of hydrogen-bond donors (Lipinski definition) is 1. The summed E-state index contributed by atoms with van der Waals surface area (Å²) in [6, 6.07) is 15.6. The third kappa shape index (κ3) is 6.42. The van der Waals surface area contributed by atoms with Crippen LogP contribution >= 0.6 is 0 Å². The molecule has 5 atom stereocenters. The Labute approximate surface area is 240 Å². The van der Waals surface area contributed by atoms with Gasteiger partial charge in [0.15, 0.2) is 0 Å². The highest BCUT2D eigenvalue weighted by atomic mass is 16.6. The molecule has 2 fully saturated rings. The fourth-order valence-electron chi connectivity index (χ4n) is 5.40. The fraction of sp³-hybridized carbons (Fsp3) is 0.344. The summed E-state index contributed by atoms with van der Waals surface area (Å²) >= 11 is 0. The number of amides is 2. The number of carbonyl (C=O) groups is 3. The van der Waals surface area contributed by atoms with Gasteiger partial charge in [-0.25, -0.2) is 0 Å². The number of methoxy groups -OCH3 is 1. The van der Waals surface area contributed by atoms with Crippen LogP contribution in [0.5, 0.6) is 5.75 Å². The van der Waals surface area contributed by atoms with E-state index in [9.17, 15) is 14.4 Å². The summed E-state index contributed by atoms with van der Waals surface area (Å²) in [6.45, 7) is 9.58. The van der Waals surface area contributed by atoms with Gasteiger partial charge in [0, 0.05) is 20.0 Å². The average molecular weight is 561 g/mol. The molecule has 0 unspecified atom stereocenters. The Balaban J connectivity index is 1.77. The van der Waals surface area contributed by atoms with Crippen LogP contribution in [-0.2, 0) is 41.7 Å². The predicted molar refractivity (Wildman–Crippen MR) is 152 cm³/mol. The van der Waals surface area contributed by atoms with Gasteiger partial charge in [-0.05, 0) is 35.8 Å². The first-order valence-electron chi connectivity index (χ1n) is 13.5. The highest BCUT2D eigenvalue weighted by Gasteiger charge is 2.69. The Kier molecular flexibility index (Phi) is 9.75. The fourth-order valence-corrected chi connectivity index (χ4v) is 5.40. The van der Waals surface area contributed by atoms with Crippen LogP contribution in [0.15, 0.2) is 92.2 Å². The maximum Gasteiger partial charge on any atom is 0.307 e. The second-order valence-electron chi connectivity index (χ2n) is 9.89. The van der Waals surface area contributed by atoms with Crippen molar-refractivity contribution >= 4 is 17.8 Å². The second-order valence-corrected chi connectivity index (χ2v) is 9.89. The number of esters is 1. The van der Waals surface area contributed by atoms with E-state index in [0.717, 1.165) is 11.1 Å². The van der Waals surface area contributed by atoms with E-state index in [4.69, 9.17) is 18.9 Å². The third-order valence-electron chi connectivity index (χ3n) is 7.26. The first kappa shape index (κ1) is 29.8. The molecule has 9 nitrogen and oxygen atoms in total. The minimum Gasteiger partial charge on any atom is -0.497 e. The molecule has 2 aliphatic heterocycles. The minimum absolute atomic E-state index is 0.132. The van der Waals surface area contributed by atoms with Crippen molar-refractivity contribution in [2.24, 2.45) is 5.92 Å². The van der Waals surface area contributed by atoms with Gasteiger partial charge in [-0.1, -0.05) is 54.6 Å². The van der Waals surface area contributed by atoms with E-state index in [1.807, 2.05) is 42.5 Å². The molecule has 1 N–H and O–H groups in total. The number of rotatable bonds is 13. The molecule has 2 heterocycles. The highest BCUT2D eigenvalue weighted by molar-refractivity contribution is 5.96. The minimum atomic E-state index is -1.50. The SMILES string of the molecule is C=CCCO[C@@H]1[C@H]2C(=O)N(Cc3ccc(OC)cc3)[C@H](C(=O)NCc3ccccc3)[C@@]2(/C=C/OC(C)=O)O[C@@H]1C=C. The zero-order valence-corrected chi connectivity index (χ0v) is 23.4. The second kappa shape index (κ2) is 13.4. The molecule has 2 saturated heterocycles. The number of ether oxygens (including phenoxy) is 4. The van der Waals surface area contributed by atoms with E-state index in [2.05, 4.69) is 18.5 Å². The number of nitrogens with zero attached hydrogens (tertiary/aromatic N) is 1. The molecule has 0 saturated carbocycles. The van der Waals surface area contributed by atoms with Gasteiger partial charge in [-0.3, -0.25) is 14.4 Å². The van der Waals surface area contributed by atoms with Crippen molar-refractivity contribution in [1.29, 1.82) is 0 Å². The standard InChI is InChI=1S/C32H36N2O7/c1-5-7-18-40-28-26(6-2)41-32(17-19-39-22(3)35)27(28)31(37)34(21-24-13-15-25(38-4)16-14-24)29(32)30(36)33-20-23-11-9-8-10-12-23/h5-6,8-17,19,26-29H,1-2,7,18,20-21H2,3-4H3,(H,33,36)/b19-17+/t26-,27+,28+,29-,32+/m1/s1. The van der Waals surface area contributed by atoms with Gasteiger partial charge in [0.1, 0.15) is 35.5 Å². The van der Waals surface area contributed by atoms with Crippen molar-refractivity contribution in [3.05, 3.63) is 103 Å². The molecule has 2 aromatic carbocycles. The number of nitrogens with one attached hydrogen (secondary N) is 1. The van der Waals surface area contributed by atoms with Gasteiger partial charge in [-0.15, -0.1) is 13.2 Å². The van der Waals surface area contributed by atoms with Crippen molar-refractivity contribution in [2.75, 3.05) is 13.7 Å². The van der Waals surface area contributed by atoms with E-state index in [1.165, 1.54) is 24.2 Å². The summed E-state index contributed by atoms with van der Waals surface area (Å²) in [7, 11) is 1.58. The van der Waals surface area contributed by atoms with Gasteiger partial charge in [-0.2, -0.15) is 0 Å². The molecule has 0 bridgehead atoms. The van der Waals surface area contributed by atoms with Crippen molar-refractivity contribution < 1.29 is 33.3 Å². The Morgan fingerprint density at radius 2 is 1.83 bits per heavy atom. The Bertz CT molecular complexity index is 1280. The smallest absolute Gasteiger partial charge is 0.307 e. The number of fused-ring (bicyclic) bond motifs is 1. The lowest BCUT2D eigenvalue weighted by molar-refractivity contribution is -0.143. The molecule has 2 aliphatic rings. The van der Waals surface area contributed by atoms with E-state index in [1.54, 1.807) is 31.4 Å². The molecule has 0 radical (unpaired) electrons. The first-order valence-corrected chi connectivity index (χ1v) is 13.5. The van der Waals surface area contributed by atoms with Crippen LogP contribution in [0.4, 0.5) is 0 Å². The van der Waals surface area contributed by atoms with Gasteiger partial charge in [0.05, 0.1) is 20.0 Å². The summed E-state index contributed by atoms with van der Waals surface area (Å²) in [6.07, 6.45) is 5.11. The monoisotopic (exact) mass is 560 g/mol. The van der Waals surface area contributed by atoms with Crippen molar-refractivity contribution in [3.8, 4) is 5.75 Å². The number of likely N-dealkylation sites (tertiary alicyclic amines) is 1. The zero-order chi connectivity index (χ0) is 29.4. The summed E-state index contributed by atoms with van der Waals surface area (Å²) in [5.41, 5.74) is 0.190. The van der Waals surface area contributed by atoms with E-state index < -0.39 is 41.6 Å². The summed E-state index contributed by atoms with van der Waals surface area (Å²) in [5, 5.41) is 2.98. The normalized spacial score (nSPS) is 25.1. The van der Waals surface area contributed by atoms with Crippen molar-refractivity contribution in [1.82, 2.24) is 10.2 Å². The molecule has 2 aromatic rings. The third-order valence-corrected chi connectivity index (χ3v) is 7.26. The maximum absolute atomic E-state index is 14.3. The molecule has 0 spiro atoms. The van der Waals surface area contributed by atoms with E-state index in [-0.39, 0.29) is 19.0 Å². The predicted octanol–water partition coefficient (Wildman–Crippen LogP) is 3.70. The topological polar surface area (TPSA) is 103 Å². The molecule has 9 heteroatoms. The Morgan fingerprint density at radius 1 is 1.10 bits per heavy atom. The molecule has 4 rings (SSSR count). The van der Waals surface area contributed by atoms with Crippen LogP contribution in [0.3, 0.4) is 0 Å². The summed E-state index contributed by atoms with van der Waals surface area (Å²) in [5.74, 6) is -1.52. The zero-order valence-electron chi connectivity index (χ0n) is 23.4. The van der Waals surface area contributed by atoms with Crippen LogP contribution in [0.1, 0.15) is 24.5 Å². The van der Waals surface area contributed by atoms with Crippen LogP contribution in [-0.4, -0.2) is 60.3 Å². The Morgan fingerprint density at radius 3 is 2.46 bits per heavy atom. The Hall–Kier alpha value is -4.21. The molecular weight excluding hydrogens is 524 g/mol. The van der Waals surface area contributed by atoms with Crippen LogP contribution in [0, 0.1) is 5.92 Å². The van der Waals surface area contributed by atoms with Crippen LogP contribution < -0.4 is 10.1 Å². The number of benzene rings is 2. The van der Waals surface area contributed by atoms with Gasteiger partial charge in [0.25, 0.3) is 0 Å². The molecule has 0 aliphatic carbocycles.